The maximum atomic E-state index is 12.5. The molecule has 0 aromatic heterocycles. The first-order chi connectivity index (χ1) is 13.9. The fourth-order valence-electron chi connectivity index (χ4n) is 2.71. The summed E-state index contributed by atoms with van der Waals surface area (Å²) in [7, 11) is 5.68. The zero-order chi connectivity index (χ0) is 21.4. The van der Waals surface area contributed by atoms with Gasteiger partial charge in [-0.15, -0.1) is 0 Å². The first-order valence-electron chi connectivity index (χ1n) is 8.62. The molecule has 0 bridgehead atoms. The Hall–Kier alpha value is -3.74. The molecule has 2 aromatic rings. The van der Waals surface area contributed by atoms with E-state index in [0.717, 1.165) is 0 Å². The number of rotatable bonds is 8. The molecule has 2 aromatic carbocycles. The summed E-state index contributed by atoms with van der Waals surface area (Å²) in [4.78, 5) is 24.6. The second kappa shape index (κ2) is 9.98. The van der Waals surface area contributed by atoms with Gasteiger partial charge in [0.2, 0.25) is 11.7 Å². The van der Waals surface area contributed by atoms with Crippen LogP contribution in [0.25, 0.3) is 12.2 Å². The SMILES string of the molecule is COC(=O)C(=C\c1cc(OC)c(OC)c(OC)c1)/C(=C\c1ccccc1)C(N)=O. The Morgan fingerprint density at radius 1 is 0.793 bits per heavy atom. The number of methoxy groups -OCH3 is 4. The standard InChI is InChI=1S/C22H23NO6/c1-26-18-12-15(13-19(27-2)20(18)28-3)11-17(22(25)29-4)16(21(23)24)10-14-8-6-5-7-9-14/h5-13H,1-4H3,(H2,23,24)/b16-10+,17-11-. The van der Waals surface area contributed by atoms with Crippen molar-refractivity contribution in [2.75, 3.05) is 28.4 Å². The molecule has 2 rings (SSSR count). The van der Waals surface area contributed by atoms with Crippen molar-refractivity contribution in [3.05, 3.63) is 64.7 Å². The highest BCUT2D eigenvalue weighted by Crippen LogP contribution is 2.39. The number of hydrogen-bond acceptors (Lipinski definition) is 6. The van der Waals surface area contributed by atoms with Crippen molar-refractivity contribution < 1.29 is 28.5 Å². The fraction of sp³-hybridized carbons (Fsp3) is 0.182. The van der Waals surface area contributed by atoms with Crippen LogP contribution < -0.4 is 19.9 Å². The third kappa shape index (κ3) is 5.16. The highest BCUT2D eigenvalue weighted by atomic mass is 16.5. The lowest BCUT2D eigenvalue weighted by Crippen LogP contribution is -2.20. The first kappa shape index (κ1) is 21.6. The van der Waals surface area contributed by atoms with Crippen molar-refractivity contribution in [2.24, 2.45) is 5.73 Å². The van der Waals surface area contributed by atoms with Crippen LogP contribution in [0.4, 0.5) is 0 Å². The second-order valence-corrected chi connectivity index (χ2v) is 5.84. The van der Waals surface area contributed by atoms with Gasteiger partial charge in [0, 0.05) is 0 Å². The lowest BCUT2D eigenvalue weighted by molar-refractivity contribution is -0.136. The van der Waals surface area contributed by atoms with Crippen LogP contribution in [0, 0.1) is 0 Å². The minimum atomic E-state index is -0.766. The molecule has 0 saturated heterocycles. The average Bonchev–Trinajstić information content (AvgIpc) is 2.75. The average molecular weight is 397 g/mol. The summed E-state index contributed by atoms with van der Waals surface area (Å²) < 4.78 is 20.8. The first-order valence-corrected chi connectivity index (χ1v) is 8.62. The van der Waals surface area contributed by atoms with E-state index in [0.29, 0.717) is 28.4 Å². The molecule has 2 N–H and O–H groups in total. The highest BCUT2D eigenvalue weighted by Gasteiger charge is 2.21. The maximum absolute atomic E-state index is 12.5. The molecular formula is C22H23NO6. The van der Waals surface area contributed by atoms with Gasteiger partial charge in [-0.1, -0.05) is 30.3 Å². The van der Waals surface area contributed by atoms with E-state index in [1.807, 2.05) is 18.2 Å². The summed E-state index contributed by atoms with van der Waals surface area (Å²) in [6.45, 7) is 0. The predicted octanol–water partition coefficient (Wildman–Crippen LogP) is 2.84. The van der Waals surface area contributed by atoms with E-state index in [2.05, 4.69) is 0 Å². The smallest absolute Gasteiger partial charge is 0.338 e. The molecule has 0 atom stereocenters. The quantitative estimate of drug-likeness (QED) is 0.418. The minimum Gasteiger partial charge on any atom is -0.493 e. The molecule has 0 unspecified atom stereocenters. The third-order valence-electron chi connectivity index (χ3n) is 4.07. The van der Waals surface area contributed by atoms with Crippen LogP contribution >= 0.6 is 0 Å². The van der Waals surface area contributed by atoms with Crippen molar-refractivity contribution >= 4 is 24.0 Å². The van der Waals surface area contributed by atoms with Gasteiger partial charge in [-0.05, 0) is 35.4 Å². The molecule has 0 aliphatic carbocycles. The second-order valence-electron chi connectivity index (χ2n) is 5.84. The highest BCUT2D eigenvalue weighted by molar-refractivity contribution is 6.14. The summed E-state index contributed by atoms with van der Waals surface area (Å²) in [5.74, 6) is -0.274. The van der Waals surface area contributed by atoms with Crippen molar-refractivity contribution in [1.82, 2.24) is 0 Å². The topological polar surface area (TPSA) is 97.1 Å². The van der Waals surface area contributed by atoms with Crippen LogP contribution in [0.1, 0.15) is 11.1 Å². The van der Waals surface area contributed by atoms with Crippen LogP contribution in [-0.2, 0) is 14.3 Å². The van der Waals surface area contributed by atoms with Gasteiger partial charge in [-0.25, -0.2) is 4.79 Å². The van der Waals surface area contributed by atoms with Crippen molar-refractivity contribution in [3.63, 3.8) is 0 Å². The van der Waals surface area contributed by atoms with Crippen LogP contribution in [-0.4, -0.2) is 40.3 Å². The fourth-order valence-corrected chi connectivity index (χ4v) is 2.71. The van der Waals surface area contributed by atoms with E-state index < -0.39 is 11.9 Å². The molecule has 0 spiro atoms. The Bertz CT molecular complexity index is 922. The molecular weight excluding hydrogens is 374 g/mol. The number of primary amides is 1. The van der Waals surface area contributed by atoms with Gasteiger partial charge in [0.1, 0.15) is 0 Å². The number of carbonyl (C=O) groups excluding carboxylic acids is 2. The zero-order valence-electron chi connectivity index (χ0n) is 16.7. The van der Waals surface area contributed by atoms with Crippen molar-refractivity contribution in [1.29, 1.82) is 0 Å². The number of esters is 1. The molecule has 0 radical (unpaired) electrons. The van der Waals surface area contributed by atoms with Gasteiger partial charge in [0.25, 0.3) is 0 Å². The van der Waals surface area contributed by atoms with Gasteiger partial charge in [0.15, 0.2) is 11.5 Å². The van der Waals surface area contributed by atoms with Gasteiger partial charge in [0.05, 0.1) is 39.6 Å². The minimum absolute atomic E-state index is 0.00174. The molecule has 152 valence electrons. The molecule has 0 aliphatic rings. The lowest BCUT2D eigenvalue weighted by atomic mass is 9.99. The largest absolute Gasteiger partial charge is 0.493 e. The Morgan fingerprint density at radius 3 is 1.79 bits per heavy atom. The molecule has 0 heterocycles. The number of benzene rings is 2. The van der Waals surface area contributed by atoms with E-state index in [1.54, 1.807) is 24.3 Å². The molecule has 0 aliphatic heterocycles. The van der Waals surface area contributed by atoms with Crippen LogP contribution in [0.15, 0.2) is 53.6 Å². The van der Waals surface area contributed by atoms with E-state index in [4.69, 9.17) is 24.7 Å². The van der Waals surface area contributed by atoms with Crippen LogP contribution in [0.3, 0.4) is 0 Å². The molecule has 0 saturated carbocycles. The number of ether oxygens (including phenoxy) is 4. The maximum Gasteiger partial charge on any atom is 0.338 e. The third-order valence-corrected chi connectivity index (χ3v) is 4.07. The normalized spacial score (nSPS) is 11.6. The van der Waals surface area contributed by atoms with Gasteiger partial charge in [-0.2, -0.15) is 0 Å². The zero-order valence-corrected chi connectivity index (χ0v) is 16.7. The van der Waals surface area contributed by atoms with Crippen molar-refractivity contribution in [2.45, 2.75) is 0 Å². The van der Waals surface area contributed by atoms with E-state index in [9.17, 15) is 9.59 Å². The number of carbonyl (C=O) groups is 2. The van der Waals surface area contributed by atoms with E-state index in [1.165, 1.54) is 40.6 Å². The molecule has 7 nitrogen and oxygen atoms in total. The summed E-state index contributed by atoms with van der Waals surface area (Å²) in [6, 6.07) is 12.3. The number of hydrogen-bond donors (Lipinski definition) is 1. The Balaban J connectivity index is 2.68. The Morgan fingerprint density at radius 2 is 1.34 bits per heavy atom. The van der Waals surface area contributed by atoms with E-state index >= 15 is 0 Å². The van der Waals surface area contributed by atoms with Gasteiger partial charge < -0.3 is 24.7 Å². The molecule has 29 heavy (non-hydrogen) atoms. The molecule has 7 heteroatoms. The summed E-state index contributed by atoms with van der Waals surface area (Å²) in [5, 5.41) is 0. The number of nitrogens with two attached hydrogens (primary N) is 1. The monoisotopic (exact) mass is 397 g/mol. The summed E-state index contributed by atoms with van der Waals surface area (Å²) in [5.41, 5.74) is 6.81. The number of amides is 1. The summed E-state index contributed by atoms with van der Waals surface area (Å²) in [6.07, 6.45) is 3.01. The molecule has 0 fully saturated rings. The van der Waals surface area contributed by atoms with Crippen LogP contribution in [0.2, 0.25) is 0 Å². The van der Waals surface area contributed by atoms with Gasteiger partial charge in [-0.3, -0.25) is 4.79 Å². The van der Waals surface area contributed by atoms with Gasteiger partial charge >= 0.3 is 5.97 Å². The summed E-state index contributed by atoms with van der Waals surface area (Å²) >= 11 is 0. The van der Waals surface area contributed by atoms with Crippen LogP contribution in [0.5, 0.6) is 17.2 Å². The Labute approximate surface area is 169 Å². The molecule has 1 amide bonds. The lowest BCUT2D eigenvalue weighted by Gasteiger charge is -2.14. The predicted molar refractivity (Wildman–Crippen MR) is 110 cm³/mol. The van der Waals surface area contributed by atoms with E-state index in [-0.39, 0.29) is 11.1 Å². The van der Waals surface area contributed by atoms with Crippen molar-refractivity contribution in [3.8, 4) is 17.2 Å². The Kier molecular flexibility index (Phi) is 7.42.